The summed E-state index contributed by atoms with van der Waals surface area (Å²) in [5, 5.41) is 0. The molecule has 0 saturated carbocycles. The van der Waals surface area contributed by atoms with Gasteiger partial charge in [0.1, 0.15) is 0 Å². The van der Waals surface area contributed by atoms with E-state index in [0.29, 0.717) is 12.1 Å². The standard InChI is InChI=1S/C13H15F3N2O/c14-13(15,16)10-6-4-9(5-7-10)11-3-1-2-8-18(11)12(17)19/h4-7,11H,1-3,8H2,(H2,17,19). The third-order valence-corrected chi connectivity index (χ3v) is 3.41. The van der Waals surface area contributed by atoms with Crippen LogP contribution in [0.25, 0.3) is 0 Å². The number of halogens is 3. The summed E-state index contributed by atoms with van der Waals surface area (Å²) >= 11 is 0. The summed E-state index contributed by atoms with van der Waals surface area (Å²) in [5.74, 6) is 0. The summed E-state index contributed by atoms with van der Waals surface area (Å²) in [4.78, 5) is 12.9. The molecule has 0 radical (unpaired) electrons. The molecule has 2 rings (SSSR count). The van der Waals surface area contributed by atoms with Gasteiger partial charge < -0.3 is 10.6 Å². The third kappa shape index (κ3) is 3.00. The first-order valence-electron chi connectivity index (χ1n) is 6.13. The molecule has 2 amide bonds. The van der Waals surface area contributed by atoms with Gasteiger partial charge in [-0.2, -0.15) is 13.2 Å². The molecule has 0 spiro atoms. The van der Waals surface area contributed by atoms with Crippen LogP contribution in [-0.2, 0) is 6.18 Å². The molecule has 0 aliphatic carbocycles. The molecule has 2 N–H and O–H groups in total. The Bertz CT molecular complexity index is 456. The van der Waals surface area contributed by atoms with Crippen molar-refractivity contribution in [3.63, 3.8) is 0 Å². The molecule has 1 heterocycles. The van der Waals surface area contributed by atoms with E-state index in [1.54, 1.807) is 0 Å². The van der Waals surface area contributed by atoms with E-state index in [1.165, 1.54) is 17.0 Å². The molecule has 1 saturated heterocycles. The van der Waals surface area contributed by atoms with Crippen molar-refractivity contribution < 1.29 is 18.0 Å². The Kier molecular flexibility index (Phi) is 3.68. The molecule has 1 unspecified atom stereocenters. The monoisotopic (exact) mass is 272 g/mol. The van der Waals surface area contributed by atoms with Gasteiger partial charge in [0.05, 0.1) is 11.6 Å². The Hall–Kier alpha value is -1.72. The lowest BCUT2D eigenvalue weighted by Gasteiger charge is -2.34. The fourth-order valence-electron chi connectivity index (χ4n) is 2.44. The number of likely N-dealkylation sites (tertiary alicyclic amines) is 1. The summed E-state index contributed by atoms with van der Waals surface area (Å²) in [7, 11) is 0. The molecule has 0 bridgehead atoms. The molecule has 1 aliphatic heterocycles. The van der Waals surface area contributed by atoms with Crippen LogP contribution in [-0.4, -0.2) is 17.5 Å². The molecule has 1 aromatic carbocycles. The van der Waals surface area contributed by atoms with E-state index in [-0.39, 0.29) is 6.04 Å². The quantitative estimate of drug-likeness (QED) is 0.837. The Balaban J connectivity index is 2.23. The van der Waals surface area contributed by atoms with Crippen molar-refractivity contribution in [3.8, 4) is 0 Å². The van der Waals surface area contributed by atoms with Gasteiger partial charge in [-0.05, 0) is 37.0 Å². The van der Waals surface area contributed by atoms with E-state index in [2.05, 4.69) is 0 Å². The fraction of sp³-hybridized carbons (Fsp3) is 0.462. The van der Waals surface area contributed by atoms with E-state index in [0.717, 1.165) is 31.4 Å². The van der Waals surface area contributed by atoms with Gasteiger partial charge in [0.15, 0.2) is 0 Å². The number of primary amides is 1. The first kappa shape index (κ1) is 13.7. The number of carbonyl (C=O) groups excluding carboxylic acids is 1. The zero-order chi connectivity index (χ0) is 14.0. The Morgan fingerprint density at radius 2 is 1.84 bits per heavy atom. The van der Waals surface area contributed by atoms with Crippen molar-refractivity contribution in [2.45, 2.75) is 31.5 Å². The van der Waals surface area contributed by atoms with Crippen molar-refractivity contribution in [3.05, 3.63) is 35.4 Å². The van der Waals surface area contributed by atoms with Gasteiger partial charge in [-0.25, -0.2) is 4.79 Å². The average molecular weight is 272 g/mol. The third-order valence-electron chi connectivity index (χ3n) is 3.41. The van der Waals surface area contributed by atoms with Gasteiger partial charge in [-0.15, -0.1) is 0 Å². The predicted molar refractivity (Wildman–Crippen MR) is 64.3 cm³/mol. The lowest BCUT2D eigenvalue weighted by molar-refractivity contribution is -0.137. The SMILES string of the molecule is NC(=O)N1CCCCC1c1ccc(C(F)(F)F)cc1. The van der Waals surface area contributed by atoms with Crippen LogP contribution in [0.5, 0.6) is 0 Å². The van der Waals surface area contributed by atoms with E-state index in [9.17, 15) is 18.0 Å². The number of hydrogen-bond acceptors (Lipinski definition) is 1. The van der Waals surface area contributed by atoms with Crippen molar-refractivity contribution in [1.29, 1.82) is 0 Å². The largest absolute Gasteiger partial charge is 0.416 e. The molecule has 19 heavy (non-hydrogen) atoms. The van der Waals surface area contributed by atoms with Crippen LogP contribution in [0.4, 0.5) is 18.0 Å². The highest BCUT2D eigenvalue weighted by Gasteiger charge is 2.31. The number of nitrogens with two attached hydrogens (primary N) is 1. The molecular weight excluding hydrogens is 257 g/mol. The van der Waals surface area contributed by atoms with E-state index < -0.39 is 17.8 Å². The molecule has 1 fully saturated rings. The molecular formula is C13H15F3N2O. The van der Waals surface area contributed by atoms with Crippen molar-refractivity contribution >= 4 is 6.03 Å². The molecule has 0 aromatic heterocycles. The van der Waals surface area contributed by atoms with Crippen molar-refractivity contribution in [1.82, 2.24) is 4.90 Å². The first-order valence-corrected chi connectivity index (χ1v) is 6.13. The van der Waals surface area contributed by atoms with Crippen LogP contribution >= 0.6 is 0 Å². The van der Waals surface area contributed by atoms with Crippen LogP contribution < -0.4 is 5.73 Å². The second-order valence-electron chi connectivity index (χ2n) is 4.66. The molecule has 1 aliphatic rings. The molecule has 1 aromatic rings. The van der Waals surface area contributed by atoms with Crippen molar-refractivity contribution in [2.75, 3.05) is 6.54 Å². The number of piperidine rings is 1. The van der Waals surface area contributed by atoms with Crippen LogP contribution in [0.2, 0.25) is 0 Å². The maximum atomic E-state index is 12.5. The maximum absolute atomic E-state index is 12.5. The second kappa shape index (κ2) is 5.11. The summed E-state index contributed by atoms with van der Waals surface area (Å²) in [6, 6.07) is 4.20. The lowest BCUT2D eigenvalue weighted by Crippen LogP contribution is -2.41. The van der Waals surface area contributed by atoms with Gasteiger partial charge in [-0.1, -0.05) is 12.1 Å². The van der Waals surface area contributed by atoms with Gasteiger partial charge in [0.2, 0.25) is 0 Å². The smallest absolute Gasteiger partial charge is 0.351 e. The summed E-state index contributed by atoms with van der Waals surface area (Å²) < 4.78 is 37.4. The fourth-order valence-corrected chi connectivity index (χ4v) is 2.44. The number of urea groups is 1. The van der Waals surface area contributed by atoms with Gasteiger partial charge >= 0.3 is 12.2 Å². The minimum absolute atomic E-state index is 0.214. The summed E-state index contributed by atoms with van der Waals surface area (Å²) in [5.41, 5.74) is 5.32. The first-order chi connectivity index (χ1) is 8.89. The molecule has 3 nitrogen and oxygen atoms in total. The van der Waals surface area contributed by atoms with E-state index in [4.69, 9.17) is 5.73 Å². The van der Waals surface area contributed by atoms with Crippen LogP contribution in [0.1, 0.15) is 36.4 Å². The topological polar surface area (TPSA) is 46.3 Å². The van der Waals surface area contributed by atoms with Crippen LogP contribution in [0.15, 0.2) is 24.3 Å². The number of benzene rings is 1. The maximum Gasteiger partial charge on any atom is 0.416 e. The number of nitrogens with zero attached hydrogens (tertiary/aromatic N) is 1. The Morgan fingerprint density at radius 1 is 1.21 bits per heavy atom. The minimum Gasteiger partial charge on any atom is -0.351 e. The average Bonchev–Trinajstić information content (AvgIpc) is 2.38. The number of amides is 2. The van der Waals surface area contributed by atoms with Gasteiger partial charge in [0, 0.05) is 6.54 Å². The highest BCUT2D eigenvalue weighted by atomic mass is 19.4. The zero-order valence-corrected chi connectivity index (χ0v) is 10.3. The highest BCUT2D eigenvalue weighted by Crippen LogP contribution is 2.33. The van der Waals surface area contributed by atoms with Gasteiger partial charge in [0.25, 0.3) is 0 Å². The predicted octanol–water partition coefficient (Wildman–Crippen LogP) is 3.31. The summed E-state index contributed by atoms with van der Waals surface area (Å²) in [6.45, 7) is 0.557. The Morgan fingerprint density at radius 3 is 2.37 bits per heavy atom. The molecule has 6 heteroatoms. The second-order valence-corrected chi connectivity index (χ2v) is 4.66. The Labute approximate surface area is 109 Å². The number of rotatable bonds is 1. The van der Waals surface area contributed by atoms with Crippen LogP contribution in [0.3, 0.4) is 0 Å². The zero-order valence-electron chi connectivity index (χ0n) is 10.3. The number of carbonyl (C=O) groups is 1. The molecule has 104 valence electrons. The molecule has 1 atom stereocenters. The van der Waals surface area contributed by atoms with E-state index in [1.807, 2.05) is 0 Å². The van der Waals surface area contributed by atoms with Crippen molar-refractivity contribution in [2.24, 2.45) is 5.73 Å². The number of hydrogen-bond donors (Lipinski definition) is 1. The minimum atomic E-state index is -4.34. The highest BCUT2D eigenvalue weighted by molar-refractivity contribution is 5.72. The summed E-state index contributed by atoms with van der Waals surface area (Å²) in [6.07, 6.45) is -1.79. The lowest BCUT2D eigenvalue weighted by atomic mass is 9.95. The van der Waals surface area contributed by atoms with Gasteiger partial charge in [-0.3, -0.25) is 0 Å². The normalized spacial score (nSPS) is 20.4. The van der Waals surface area contributed by atoms with Crippen LogP contribution in [0, 0.1) is 0 Å². The number of alkyl halides is 3. The van der Waals surface area contributed by atoms with E-state index >= 15 is 0 Å².